The third-order valence-corrected chi connectivity index (χ3v) is 12.0. The van der Waals surface area contributed by atoms with Crippen LogP contribution in [0.25, 0.3) is 22.3 Å². The molecule has 0 saturated heterocycles. The Hall–Kier alpha value is -4.20. The Bertz CT molecular complexity index is 1830. The van der Waals surface area contributed by atoms with Crippen LogP contribution in [0.2, 0.25) is 19.1 Å². The highest BCUT2D eigenvalue weighted by atomic mass is 28.3. The summed E-state index contributed by atoms with van der Waals surface area (Å²) in [5.74, 6) is -1.64. The highest BCUT2D eigenvalue weighted by Gasteiger charge is 2.50. The topological polar surface area (TPSA) is 126 Å². The third kappa shape index (κ3) is 6.65. The van der Waals surface area contributed by atoms with Gasteiger partial charge in [-0.25, -0.2) is 14.6 Å². The molecule has 14 heteroatoms. The lowest BCUT2D eigenvalue weighted by atomic mass is 9.85. The van der Waals surface area contributed by atoms with E-state index < -0.39 is 55.5 Å². The van der Waals surface area contributed by atoms with Gasteiger partial charge in [-0.2, -0.15) is 13.2 Å². The summed E-state index contributed by atoms with van der Waals surface area (Å²) >= 11 is 0. The summed E-state index contributed by atoms with van der Waals surface area (Å²) in [6.07, 6.45) is -6.28. The fraction of sp³-hybridized carbons (Fsp3) is 0.485. The highest BCUT2D eigenvalue weighted by molar-refractivity contribution is 6.91. The number of cyclic esters (lactones) is 1. The van der Waals surface area contributed by atoms with Crippen LogP contribution >= 0.6 is 0 Å². The SMILES string of the molecule is CCC1(OC(=O)CCNC(=O)OC(C)(C)C)C(=O)OCc2c1cc1n(c2=O)Cc2c-1nc1ccccc1c2[Si](C)(C)CCC(F)(F)F. The second-order valence-electron chi connectivity index (χ2n) is 13.6. The van der Waals surface area contributed by atoms with E-state index in [-0.39, 0.29) is 49.7 Å². The van der Waals surface area contributed by atoms with Crippen LogP contribution in [-0.4, -0.2) is 54.0 Å². The molecule has 1 N–H and O–H groups in total. The monoisotopic (exact) mass is 673 g/mol. The van der Waals surface area contributed by atoms with Crippen molar-refractivity contribution in [2.75, 3.05) is 6.54 Å². The van der Waals surface area contributed by atoms with Crippen molar-refractivity contribution in [3.63, 3.8) is 0 Å². The van der Waals surface area contributed by atoms with E-state index in [9.17, 15) is 32.3 Å². The number of para-hydroxylation sites is 1. The van der Waals surface area contributed by atoms with Crippen molar-refractivity contribution in [2.24, 2.45) is 0 Å². The van der Waals surface area contributed by atoms with Crippen LogP contribution in [0.3, 0.4) is 0 Å². The Morgan fingerprint density at radius 2 is 1.83 bits per heavy atom. The molecule has 2 aliphatic heterocycles. The summed E-state index contributed by atoms with van der Waals surface area (Å²) in [5.41, 5.74) is -0.723. The molecule has 5 rings (SSSR count). The first kappa shape index (κ1) is 34.1. The van der Waals surface area contributed by atoms with Crippen molar-refractivity contribution in [3.05, 3.63) is 57.4 Å². The van der Waals surface area contributed by atoms with Gasteiger partial charge in [0.1, 0.15) is 12.2 Å². The number of halogens is 3. The molecule has 0 radical (unpaired) electrons. The lowest BCUT2D eigenvalue weighted by Gasteiger charge is -2.35. The van der Waals surface area contributed by atoms with Crippen molar-refractivity contribution in [2.45, 2.75) is 96.6 Å². The maximum atomic E-state index is 14.0. The van der Waals surface area contributed by atoms with Gasteiger partial charge in [0.15, 0.2) is 0 Å². The third-order valence-electron chi connectivity index (χ3n) is 8.56. The van der Waals surface area contributed by atoms with Gasteiger partial charge in [0, 0.05) is 18.5 Å². The van der Waals surface area contributed by atoms with E-state index in [1.54, 1.807) is 45.9 Å². The van der Waals surface area contributed by atoms with Gasteiger partial charge in [0.25, 0.3) is 5.56 Å². The van der Waals surface area contributed by atoms with Crippen LogP contribution in [0.5, 0.6) is 0 Å². The van der Waals surface area contributed by atoms with Crippen LogP contribution in [0.4, 0.5) is 18.0 Å². The predicted octanol–water partition coefficient (Wildman–Crippen LogP) is 5.41. The van der Waals surface area contributed by atoms with Crippen LogP contribution < -0.4 is 16.1 Å². The van der Waals surface area contributed by atoms with Gasteiger partial charge in [-0.05, 0) is 61.5 Å². The average Bonchev–Trinajstić information content (AvgIpc) is 3.33. The molecular weight excluding hydrogens is 635 g/mol. The van der Waals surface area contributed by atoms with E-state index in [1.807, 2.05) is 25.2 Å². The fourth-order valence-electron chi connectivity index (χ4n) is 6.36. The van der Waals surface area contributed by atoms with Gasteiger partial charge >= 0.3 is 24.2 Å². The highest BCUT2D eigenvalue weighted by Crippen LogP contribution is 2.41. The van der Waals surface area contributed by atoms with E-state index in [0.717, 1.165) is 10.6 Å². The second-order valence-corrected chi connectivity index (χ2v) is 18.3. The van der Waals surface area contributed by atoms with Crippen LogP contribution in [0, 0.1) is 0 Å². The largest absolute Gasteiger partial charge is 0.457 e. The first-order valence-electron chi connectivity index (χ1n) is 15.5. The number of esters is 2. The number of pyridine rings is 2. The number of benzene rings is 1. The number of ether oxygens (including phenoxy) is 3. The van der Waals surface area contributed by atoms with E-state index >= 15 is 0 Å². The van der Waals surface area contributed by atoms with E-state index in [1.165, 1.54) is 4.57 Å². The number of fused-ring (bicyclic) bond motifs is 5. The maximum absolute atomic E-state index is 14.0. The number of hydrogen-bond acceptors (Lipinski definition) is 8. The normalized spacial score (nSPS) is 17.4. The van der Waals surface area contributed by atoms with Gasteiger partial charge in [-0.1, -0.05) is 38.2 Å². The van der Waals surface area contributed by atoms with Gasteiger partial charge in [0.2, 0.25) is 5.60 Å². The summed E-state index contributed by atoms with van der Waals surface area (Å²) in [4.78, 5) is 57.3. The van der Waals surface area contributed by atoms with Crippen molar-refractivity contribution >= 4 is 42.2 Å². The first-order valence-corrected chi connectivity index (χ1v) is 18.7. The number of rotatable bonds is 8. The molecule has 0 spiro atoms. The fourth-order valence-corrected chi connectivity index (χ4v) is 9.48. The molecule has 0 saturated carbocycles. The van der Waals surface area contributed by atoms with E-state index in [0.29, 0.717) is 22.5 Å². The number of hydrogen-bond donors (Lipinski definition) is 1. The minimum absolute atomic E-state index is 0.0429. The van der Waals surface area contributed by atoms with E-state index in [4.69, 9.17) is 19.2 Å². The predicted molar refractivity (Wildman–Crippen MR) is 170 cm³/mol. The molecule has 252 valence electrons. The molecule has 10 nitrogen and oxygen atoms in total. The molecule has 1 atom stereocenters. The minimum atomic E-state index is -4.31. The standard InChI is InChI=1S/C33H38F3N3O7Si/c1-7-32(45-25(40)12-14-37-30(43)46-31(2,3)4)22-16-24-26-20(17-39(24)28(41)21(22)18-44-29(32)42)27(19-10-8-9-11-23(19)38-26)47(5,6)15-13-33(34,35)36/h8-11,16H,7,12-15,17-18H2,1-6H3,(H,37,43). The van der Waals surface area contributed by atoms with Crippen molar-refractivity contribution in [1.29, 1.82) is 0 Å². The molecule has 3 aromatic rings. The zero-order valence-electron chi connectivity index (χ0n) is 27.2. The molecule has 1 aromatic carbocycles. The summed E-state index contributed by atoms with van der Waals surface area (Å²) in [7, 11) is -2.76. The zero-order valence-corrected chi connectivity index (χ0v) is 28.2. The Morgan fingerprint density at radius 1 is 1.13 bits per heavy atom. The number of alkyl carbamates (subject to hydrolysis) is 1. The summed E-state index contributed by atoms with van der Waals surface area (Å²) in [6, 6.07) is 8.82. The number of carbonyl (C=O) groups is 3. The first-order chi connectivity index (χ1) is 21.9. The quantitative estimate of drug-likeness (QED) is 0.150. The summed E-state index contributed by atoms with van der Waals surface area (Å²) < 4.78 is 58.0. The molecule has 0 bridgehead atoms. The lowest BCUT2D eigenvalue weighted by Crippen LogP contribution is -2.48. The number of nitrogens with one attached hydrogen (secondary N) is 1. The molecule has 47 heavy (non-hydrogen) atoms. The van der Waals surface area contributed by atoms with Crippen molar-refractivity contribution in [1.82, 2.24) is 14.9 Å². The van der Waals surface area contributed by atoms with Crippen LogP contribution in [-0.2, 0) is 42.6 Å². The van der Waals surface area contributed by atoms with Gasteiger partial charge in [-0.3, -0.25) is 9.59 Å². The molecule has 2 aromatic heterocycles. The molecule has 2 aliphatic rings. The van der Waals surface area contributed by atoms with Crippen molar-refractivity contribution < 1.29 is 41.8 Å². The van der Waals surface area contributed by atoms with Crippen LogP contribution in [0.15, 0.2) is 35.1 Å². The summed E-state index contributed by atoms with van der Waals surface area (Å²) in [6.45, 7) is 10.1. The zero-order chi connectivity index (χ0) is 34.5. The Labute approximate surface area is 270 Å². The number of alkyl halides is 3. The van der Waals surface area contributed by atoms with Crippen molar-refractivity contribution in [3.8, 4) is 11.4 Å². The minimum Gasteiger partial charge on any atom is -0.457 e. The Morgan fingerprint density at radius 3 is 2.49 bits per heavy atom. The molecule has 0 aliphatic carbocycles. The number of amides is 1. The molecule has 4 heterocycles. The Balaban J connectivity index is 1.56. The average molecular weight is 674 g/mol. The van der Waals surface area contributed by atoms with Gasteiger partial charge < -0.3 is 24.1 Å². The number of nitrogens with zero attached hydrogens (tertiary/aromatic N) is 2. The smallest absolute Gasteiger partial charge is 0.407 e. The second kappa shape index (κ2) is 12.1. The molecule has 1 unspecified atom stereocenters. The molecular formula is C33H38F3N3O7Si. The van der Waals surface area contributed by atoms with Gasteiger partial charge in [-0.15, -0.1) is 0 Å². The number of aromatic nitrogens is 2. The van der Waals surface area contributed by atoms with Gasteiger partial charge in [0.05, 0.1) is 43.5 Å². The summed E-state index contributed by atoms with van der Waals surface area (Å²) in [5, 5.41) is 4.04. The molecule has 0 fully saturated rings. The Kier molecular flexibility index (Phi) is 8.80. The number of carbonyl (C=O) groups excluding carboxylic acids is 3. The molecule has 1 amide bonds. The van der Waals surface area contributed by atoms with Crippen LogP contribution in [0.1, 0.15) is 63.6 Å². The van der Waals surface area contributed by atoms with E-state index in [2.05, 4.69) is 5.32 Å². The maximum Gasteiger partial charge on any atom is 0.407 e. The lowest BCUT2D eigenvalue weighted by molar-refractivity contribution is -0.189.